The number of aliphatic carboxylic acids is 1. The minimum Gasteiger partial charge on any atom is -0.479 e. The van der Waals surface area contributed by atoms with E-state index in [-0.39, 0.29) is 36.5 Å². The number of carbonyl (C=O) groups is 3. The van der Waals surface area contributed by atoms with E-state index < -0.39 is 42.9 Å². The van der Waals surface area contributed by atoms with Crippen LogP contribution in [0.4, 0.5) is 5.95 Å². The van der Waals surface area contributed by atoms with E-state index >= 15 is 0 Å². The number of carboxylic acid groups (broad SMARTS) is 1. The summed E-state index contributed by atoms with van der Waals surface area (Å²) >= 11 is 0. The van der Waals surface area contributed by atoms with E-state index in [1.165, 1.54) is 0 Å². The van der Waals surface area contributed by atoms with E-state index in [2.05, 4.69) is 19.8 Å². The number of carbonyl (C=O) groups excluding carboxylic acids is 2. The topological polar surface area (TPSA) is 186 Å². The fraction of sp³-hybridized carbons (Fsp3) is 0.741. The number of hydrogen-bond donors (Lipinski definition) is 4. The molecule has 0 bridgehead atoms. The molecule has 1 aliphatic carbocycles. The summed E-state index contributed by atoms with van der Waals surface area (Å²) in [6.45, 7) is 3.67. The van der Waals surface area contributed by atoms with Gasteiger partial charge in [0.05, 0.1) is 0 Å². The van der Waals surface area contributed by atoms with Gasteiger partial charge in [-0.3, -0.25) is 19.4 Å². The summed E-state index contributed by atoms with van der Waals surface area (Å²) in [5, 5.41) is 40.3. The van der Waals surface area contributed by atoms with Gasteiger partial charge in [-0.15, -0.1) is 0 Å². The van der Waals surface area contributed by atoms with Crippen LogP contribution in [0.3, 0.4) is 0 Å². The lowest BCUT2D eigenvalue weighted by molar-refractivity contribution is -0.314. The third-order valence-electron chi connectivity index (χ3n) is 8.78. The molecular weight excluding hydrogens is 538 g/mol. The summed E-state index contributed by atoms with van der Waals surface area (Å²) in [6, 6.07) is 1.77. The van der Waals surface area contributed by atoms with E-state index in [0.717, 1.165) is 56.8 Å². The van der Waals surface area contributed by atoms with Crippen LogP contribution in [-0.4, -0.2) is 128 Å². The molecule has 6 atom stereocenters. The average Bonchev–Trinajstić information content (AvgIpc) is 3.40. The molecule has 1 aromatic rings. The summed E-state index contributed by atoms with van der Waals surface area (Å²) in [5.41, 5.74) is -0.326. The lowest BCUT2D eigenvalue weighted by Crippen LogP contribution is -2.62. The number of hydrogen-bond acceptors (Lipinski definition) is 12. The summed E-state index contributed by atoms with van der Waals surface area (Å²) in [5.74, 6) is -1.60. The number of piperidine rings is 1. The van der Waals surface area contributed by atoms with Crippen molar-refractivity contribution in [3.8, 4) is 0 Å². The molecule has 5 rings (SSSR count). The van der Waals surface area contributed by atoms with Crippen LogP contribution < -0.4 is 4.90 Å². The molecule has 226 valence electrons. The molecule has 14 heteroatoms. The highest BCUT2D eigenvalue weighted by Gasteiger charge is 2.51. The predicted molar refractivity (Wildman–Crippen MR) is 141 cm³/mol. The summed E-state index contributed by atoms with van der Waals surface area (Å²) in [4.78, 5) is 52.4. The fourth-order valence-corrected chi connectivity index (χ4v) is 6.51. The highest BCUT2D eigenvalue weighted by atomic mass is 16.7. The number of ether oxygens (including phenoxy) is 2. The Labute approximate surface area is 237 Å². The predicted octanol–water partition coefficient (Wildman–Crippen LogP) is -0.677. The zero-order chi connectivity index (χ0) is 29.1. The zero-order valence-electron chi connectivity index (χ0n) is 23.0. The Bertz CT molecular complexity index is 1060. The van der Waals surface area contributed by atoms with Gasteiger partial charge in [0.2, 0.25) is 17.8 Å². The largest absolute Gasteiger partial charge is 0.479 e. The highest BCUT2D eigenvalue weighted by Crippen LogP contribution is 2.47. The second-order valence-corrected chi connectivity index (χ2v) is 11.6. The summed E-state index contributed by atoms with van der Waals surface area (Å²) in [7, 11) is 0. The van der Waals surface area contributed by atoms with Crippen LogP contribution in [0.2, 0.25) is 0 Å². The molecule has 14 nitrogen and oxygen atoms in total. The van der Waals surface area contributed by atoms with Gasteiger partial charge >= 0.3 is 5.97 Å². The second kappa shape index (κ2) is 12.6. The van der Waals surface area contributed by atoms with E-state index in [4.69, 9.17) is 9.47 Å². The number of aliphatic hydroxyl groups is 3. The molecule has 0 aromatic carbocycles. The van der Waals surface area contributed by atoms with Crippen molar-refractivity contribution in [2.75, 3.05) is 37.6 Å². The highest BCUT2D eigenvalue weighted by molar-refractivity contribution is 5.98. The smallest absolute Gasteiger partial charge is 0.335 e. The van der Waals surface area contributed by atoms with Gasteiger partial charge in [-0.05, 0) is 43.7 Å². The molecule has 3 aliphatic heterocycles. The number of amides is 2. The van der Waals surface area contributed by atoms with Crippen LogP contribution >= 0.6 is 0 Å². The Morgan fingerprint density at radius 1 is 1.00 bits per heavy atom. The molecule has 41 heavy (non-hydrogen) atoms. The Kier molecular flexibility index (Phi) is 9.16. The number of rotatable bonds is 9. The maximum Gasteiger partial charge on any atom is 0.335 e. The van der Waals surface area contributed by atoms with Gasteiger partial charge in [-0.25, -0.2) is 14.8 Å². The summed E-state index contributed by atoms with van der Waals surface area (Å²) < 4.78 is 11.3. The average molecular weight is 578 g/mol. The first kappa shape index (κ1) is 29.7. The van der Waals surface area contributed by atoms with Crippen molar-refractivity contribution in [1.29, 1.82) is 0 Å². The Balaban J connectivity index is 1.25. The summed E-state index contributed by atoms with van der Waals surface area (Å²) in [6.07, 6.45) is -1.98. The minimum absolute atomic E-state index is 0.218. The number of piperazine rings is 1. The monoisotopic (exact) mass is 577 g/mol. The van der Waals surface area contributed by atoms with E-state index in [9.17, 15) is 34.8 Å². The number of carboxylic acids is 1. The van der Waals surface area contributed by atoms with Gasteiger partial charge in [0.15, 0.2) is 12.4 Å². The second-order valence-electron chi connectivity index (χ2n) is 11.6. The Morgan fingerprint density at radius 2 is 1.63 bits per heavy atom. The number of aromatic nitrogens is 2. The molecule has 1 aromatic heterocycles. The number of imide groups is 1. The molecule has 4 fully saturated rings. The van der Waals surface area contributed by atoms with Gasteiger partial charge in [0, 0.05) is 51.4 Å². The minimum atomic E-state index is -1.87. The van der Waals surface area contributed by atoms with Crippen LogP contribution in [-0.2, 0) is 23.9 Å². The molecule has 4 heterocycles. The molecule has 0 radical (unpaired) electrons. The first-order valence-electron chi connectivity index (χ1n) is 14.3. The van der Waals surface area contributed by atoms with Crippen molar-refractivity contribution in [2.24, 2.45) is 5.41 Å². The van der Waals surface area contributed by atoms with Gasteiger partial charge in [-0.1, -0.05) is 12.8 Å². The SMILES string of the molecule is O=C(O)[C@H]1OC(OC(CCCN2CCN(c3ncccn3)CC2)N2C(=O)CC3(CCCC3)CC2=O)[C@H](O)[C@@H](O)[C@@H]1O. The molecular formula is C27H39N5O9. The normalized spacial score (nSPS) is 31.5. The van der Waals surface area contributed by atoms with Gasteiger partial charge in [0.25, 0.3) is 0 Å². The van der Waals surface area contributed by atoms with Crippen molar-refractivity contribution in [3.63, 3.8) is 0 Å². The standard InChI is InChI=1S/C27H39N5O9/c33-17-15-27(6-1-2-7-27)16-18(34)32(17)19(40-25-22(37)20(35)21(36)23(41-25)24(38)39)5-3-10-30-11-13-31(14-12-30)26-28-8-4-9-29-26/h4,8-9,19-23,25,35-37H,1-3,5-7,10-16H2,(H,38,39)/t19?,20-,21-,22+,23-,25?/m0/s1. The van der Waals surface area contributed by atoms with Gasteiger partial charge < -0.3 is 34.8 Å². The fourth-order valence-electron chi connectivity index (χ4n) is 6.51. The Hall–Kier alpha value is -2.75. The maximum atomic E-state index is 13.4. The molecule has 2 unspecified atom stereocenters. The van der Waals surface area contributed by atoms with Crippen molar-refractivity contribution in [3.05, 3.63) is 18.5 Å². The molecule has 4 N–H and O–H groups in total. The number of anilines is 1. The lowest BCUT2D eigenvalue weighted by Gasteiger charge is -2.44. The van der Waals surface area contributed by atoms with Crippen LogP contribution in [0, 0.1) is 5.41 Å². The third kappa shape index (κ3) is 6.52. The van der Waals surface area contributed by atoms with Crippen molar-refractivity contribution in [2.45, 2.75) is 88.3 Å². The quantitative estimate of drug-likeness (QED) is 0.271. The molecule has 1 spiro atoms. The third-order valence-corrected chi connectivity index (χ3v) is 8.78. The number of likely N-dealkylation sites (tertiary alicyclic amines) is 1. The molecule has 1 saturated carbocycles. The van der Waals surface area contributed by atoms with Crippen molar-refractivity contribution < 1.29 is 44.3 Å². The van der Waals surface area contributed by atoms with Crippen molar-refractivity contribution in [1.82, 2.24) is 19.8 Å². The van der Waals surface area contributed by atoms with E-state index in [1.54, 1.807) is 18.5 Å². The molecule has 2 amide bonds. The molecule has 3 saturated heterocycles. The van der Waals surface area contributed by atoms with Crippen LogP contribution in [0.1, 0.15) is 51.4 Å². The Morgan fingerprint density at radius 3 is 2.24 bits per heavy atom. The lowest BCUT2D eigenvalue weighted by atomic mass is 9.76. The van der Waals surface area contributed by atoms with Crippen molar-refractivity contribution >= 4 is 23.7 Å². The van der Waals surface area contributed by atoms with E-state index in [1.807, 2.05) is 0 Å². The van der Waals surface area contributed by atoms with Crippen LogP contribution in [0.5, 0.6) is 0 Å². The zero-order valence-corrected chi connectivity index (χ0v) is 23.0. The van der Waals surface area contributed by atoms with E-state index in [0.29, 0.717) is 18.9 Å². The first-order valence-corrected chi connectivity index (χ1v) is 14.3. The van der Waals surface area contributed by atoms with Crippen LogP contribution in [0.25, 0.3) is 0 Å². The number of nitrogens with zero attached hydrogens (tertiary/aromatic N) is 5. The van der Waals surface area contributed by atoms with Crippen LogP contribution in [0.15, 0.2) is 18.5 Å². The van der Waals surface area contributed by atoms with Gasteiger partial charge in [-0.2, -0.15) is 0 Å². The molecule has 4 aliphatic rings. The first-order chi connectivity index (χ1) is 19.7. The number of aliphatic hydroxyl groups excluding tert-OH is 3. The van der Waals surface area contributed by atoms with Gasteiger partial charge in [0.1, 0.15) is 24.5 Å². The maximum absolute atomic E-state index is 13.4.